The molecule has 0 radical (unpaired) electrons. The molecule has 1 saturated heterocycles. The Bertz CT molecular complexity index is 1080. The van der Waals surface area contributed by atoms with Gasteiger partial charge in [-0.1, -0.05) is 18.2 Å². The Balaban J connectivity index is 1.45. The molecule has 30 heavy (non-hydrogen) atoms. The van der Waals surface area contributed by atoms with Crippen molar-refractivity contribution in [1.82, 2.24) is 24.8 Å². The molecule has 1 aliphatic carbocycles. The molecule has 8 heteroatoms. The number of benzene rings is 1. The molecule has 8 nitrogen and oxygen atoms in total. The van der Waals surface area contributed by atoms with Crippen molar-refractivity contribution in [3.05, 3.63) is 42.4 Å². The molecule has 2 aromatic heterocycles. The van der Waals surface area contributed by atoms with Crippen molar-refractivity contribution < 1.29 is 9.90 Å². The molecule has 0 spiro atoms. The van der Waals surface area contributed by atoms with Crippen LogP contribution in [-0.4, -0.2) is 50.3 Å². The Labute approximate surface area is 174 Å². The van der Waals surface area contributed by atoms with Gasteiger partial charge in [0.15, 0.2) is 0 Å². The molecule has 4 N–H and O–H groups in total. The SMILES string of the molecule is Nc1ncnc2c1c(-c1cccc(CNC(=O)O)c1)cn2C1CC(CN2CCC2)C1. The lowest BCUT2D eigenvalue weighted by molar-refractivity contribution is 0.0921. The summed E-state index contributed by atoms with van der Waals surface area (Å²) in [6, 6.07) is 8.28. The third kappa shape index (κ3) is 3.47. The predicted molar refractivity (Wildman–Crippen MR) is 115 cm³/mol. The monoisotopic (exact) mass is 406 g/mol. The maximum Gasteiger partial charge on any atom is 0.404 e. The van der Waals surface area contributed by atoms with E-state index in [1.165, 1.54) is 32.4 Å². The second kappa shape index (κ2) is 7.60. The van der Waals surface area contributed by atoms with Crippen LogP contribution in [0.25, 0.3) is 22.2 Å². The summed E-state index contributed by atoms with van der Waals surface area (Å²) in [6.45, 7) is 3.95. The average molecular weight is 406 g/mol. The molecule has 3 aromatic rings. The van der Waals surface area contributed by atoms with E-state index in [1.807, 2.05) is 24.3 Å². The van der Waals surface area contributed by atoms with Crippen molar-refractivity contribution in [1.29, 1.82) is 0 Å². The standard InChI is InChI=1S/C22H26N6O2/c23-20-19-18(16-4-1-3-14(7-16)10-24-22(29)30)12-28(21(19)26-13-25-20)17-8-15(9-17)11-27-5-2-6-27/h1,3-4,7,12-13,15,17,24H,2,5-6,8-11H2,(H,29,30)(H2,23,25,26). The van der Waals surface area contributed by atoms with Crippen molar-refractivity contribution in [3.63, 3.8) is 0 Å². The van der Waals surface area contributed by atoms with Crippen LogP contribution in [0.1, 0.15) is 30.9 Å². The van der Waals surface area contributed by atoms with Gasteiger partial charge in [-0.25, -0.2) is 14.8 Å². The van der Waals surface area contributed by atoms with Crippen LogP contribution in [0.15, 0.2) is 36.8 Å². The maximum absolute atomic E-state index is 10.8. The molecule has 2 aliphatic rings. The molecule has 1 aliphatic heterocycles. The van der Waals surface area contributed by atoms with Gasteiger partial charge in [0.05, 0.1) is 5.39 Å². The van der Waals surface area contributed by atoms with E-state index in [-0.39, 0.29) is 6.54 Å². The summed E-state index contributed by atoms with van der Waals surface area (Å²) in [6.07, 6.45) is 6.29. The van der Waals surface area contributed by atoms with Crippen LogP contribution >= 0.6 is 0 Å². The zero-order valence-electron chi connectivity index (χ0n) is 16.8. The number of carboxylic acid groups (broad SMARTS) is 1. The third-order valence-corrected chi connectivity index (χ3v) is 6.39. The van der Waals surface area contributed by atoms with Crippen molar-refractivity contribution in [2.45, 2.75) is 31.8 Å². The first-order valence-electron chi connectivity index (χ1n) is 10.5. The number of hydrogen-bond donors (Lipinski definition) is 3. The van der Waals surface area contributed by atoms with Crippen LogP contribution in [0.2, 0.25) is 0 Å². The molecule has 0 bridgehead atoms. The average Bonchev–Trinajstić information content (AvgIpc) is 3.05. The van der Waals surface area contributed by atoms with E-state index in [9.17, 15) is 4.79 Å². The molecule has 1 saturated carbocycles. The summed E-state index contributed by atoms with van der Waals surface area (Å²) in [5.74, 6) is 1.22. The van der Waals surface area contributed by atoms with Crippen molar-refractivity contribution in [3.8, 4) is 11.1 Å². The molecule has 2 fully saturated rings. The van der Waals surface area contributed by atoms with Gasteiger partial charge in [0.2, 0.25) is 0 Å². The first kappa shape index (κ1) is 18.9. The Hall–Kier alpha value is -3.13. The minimum atomic E-state index is -1.03. The van der Waals surface area contributed by atoms with E-state index in [4.69, 9.17) is 10.8 Å². The minimum Gasteiger partial charge on any atom is -0.465 e. The highest BCUT2D eigenvalue weighted by Crippen LogP contribution is 2.43. The lowest BCUT2D eigenvalue weighted by Gasteiger charge is -2.42. The first-order valence-corrected chi connectivity index (χ1v) is 10.5. The maximum atomic E-state index is 10.8. The normalized spacial score (nSPS) is 21.2. The highest BCUT2D eigenvalue weighted by atomic mass is 16.4. The van der Waals surface area contributed by atoms with Crippen molar-refractivity contribution in [2.75, 3.05) is 25.4 Å². The largest absolute Gasteiger partial charge is 0.465 e. The van der Waals surface area contributed by atoms with Gasteiger partial charge in [-0.2, -0.15) is 0 Å². The fraction of sp³-hybridized carbons (Fsp3) is 0.409. The van der Waals surface area contributed by atoms with E-state index in [0.29, 0.717) is 11.9 Å². The lowest BCUT2D eigenvalue weighted by Crippen LogP contribution is -2.43. The quantitative estimate of drug-likeness (QED) is 0.580. The van der Waals surface area contributed by atoms with E-state index in [0.717, 1.165) is 46.5 Å². The molecule has 0 atom stereocenters. The summed E-state index contributed by atoms with van der Waals surface area (Å²) in [4.78, 5) is 22.1. The number of nitrogens with one attached hydrogen (secondary N) is 1. The fourth-order valence-corrected chi connectivity index (χ4v) is 4.64. The summed E-state index contributed by atoms with van der Waals surface area (Å²) in [5.41, 5.74) is 10.0. The minimum absolute atomic E-state index is 0.259. The van der Waals surface area contributed by atoms with E-state index >= 15 is 0 Å². The molecule has 156 valence electrons. The number of anilines is 1. The second-order valence-corrected chi connectivity index (χ2v) is 8.41. The summed E-state index contributed by atoms with van der Waals surface area (Å²) >= 11 is 0. The highest BCUT2D eigenvalue weighted by molar-refractivity contribution is 6.00. The lowest BCUT2D eigenvalue weighted by atomic mass is 9.79. The third-order valence-electron chi connectivity index (χ3n) is 6.39. The number of carbonyl (C=O) groups is 1. The van der Waals surface area contributed by atoms with E-state index in [2.05, 4.69) is 30.9 Å². The van der Waals surface area contributed by atoms with Crippen LogP contribution in [0.3, 0.4) is 0 Å². The summed E-state index contributed by atoms with van der Waals surface area (Å²) in [5, 5.41) is 12.2. The van der Waals surface area contributed by atoms with Gasteiger partial charge in [-0.05, 0) is 55.5 Å². The topological polar surface area (TPSA) is 109 Å². The van der Waals surface area contributed by atoms with Gasteiger partial charge in [0.25, 0.3) is 0 Å². The number of amides is 1. The Morgan fingerprint density at radius 2 is 2.10 bits per heavy atom. The molecular formula is C22H26N6O2. The molecule has 5 rings (SSSR count). The van der Waals surface area contributed by atoms with E-state index < -0.39 is 6.09 Å². The van der Waals surface area contributed by atoms with Gasteiger partial charge in [0, 0.05) is 30.9 Å². The highest BCUT2D eigenvalue weighted by Gasteiger charge is 2.34. The molecular weight excluding hydrogens is 380 g/mol. The van der Waals surface area contributed by atoms with Gasteiger partial charge < -0.3 is 25.6 Å². The zero-order valence-corrected chi connectivity index (χ0v) is 16.8. The molecule has 3 heterocycles. The van der Waals surface area contributed by atoms with Crippen LogP contribution in [0, 0.1) is 5.92 Å². The second-order valence-electron chi connectivity index (χ2n) is 8.41. The van der Waals surface area contributed by atoms with Gasteiger partial charge in [-0.3, -0.25) is 0 Å². The smallest absolute Gasteiger partial charge is 0.404 e. The van der Waals surface area contributed by atoms with Crippen LogP contribution in [0.4, 0.5) is 10.6 Å². The summed E-state index contributed by atoms with van der Waals surface area (Å²) in [7, 11) is 0. The zero-order chi connectivity index (χ0) is 20.7. The number of likely N-dealkylation sites (tertiary alicyclic amines) is 1. The Kier molecular flexibility index (Phi) is 4.78. The van der Waals surface area contributed by atoms with Crippen LogP contribution in [0.5, 0.6) is 0 Å². The number of fused-ring (bicyclic) bond motifs is 1. The fourth-order valence-electron chi connectivity index (χ4n) is 4.64. The number of nitrogens with two attached hydrogens (primary N) is 1. The summed E-state index contributed by atoms with van der Waals surface area (Å²) < 4.78 is 2.26. The number of aromatic nitrogens is 3. The van der Waals surface area contributed by atoms with Crippen LogP contribution in [-0.2, 0) is 6.54 Å². The van der Waals surface area contributed by atoms with Crippen molar-refractivity contribution >= 4 is 22.9 Å². The first-order chi connectivity index (χ1) is 14.6. The Morgan fingerprint density at radius 3 is 2.83 bits per heavy atom. The van der Waals surface area contributed by atoms with Gasteiger partial charge in [0.1, 0.15) is 17.8 Å². The molecule has 1 amide bonds. The van der Waals surface area contributed by atoms with Gasteiger partial charge in [-0.15, -0.1) is 0 Å². The molecule has 1 aromatic carbocycles. The molecule has 0 unspecified atom stereocenters. The Morgan fingerprint density at radius 1 is 1.27 bits per heavy atom. The van der Waals surface area contributed by atoms with E-state index in [1.54, 1.807) is 0 Å². The number of rotatable bonds is 6. The van der Waals surface area contributed by atoms with Gasteiger partial charge >= 0.3 is 6.09 Å². The number of nitrogen functional groups attached to an aromatic ring is 1. The van der Waals surface area contributed by atoms with Crippen LogP contribution < -0.4 is 11.1 Å². The van der Waals surface area contributed by atoms with Crippen molar-refractivity contribution in [2.24, 2.45) is 5.92 Å². The number of hydrogen-bond acceptors (Lipinski definition) is 5. The number of nitrogens with zero attached hydrogens (tertiary/aromatic N) is 4. The predicted octanol–water partition coefficient (Wildman–Crippen LogP) is 3.10.